The van der Waals surface area contributed by atoms with Gasteiger partial charge in [-0.2, -0.15) is 0 Å². The second kappa shape index (κ2) is 7.80. The highest BCUT2D eigenvalue weighted by Crippen LogP contribution is 2.32. The fourth-order valence-corrected chi connectivity index (χ4v) is 3.09. The molecule has 0 bridgehead atoms. The van der Waals surface area contributed by atoms with E-state index in [-0.39, 0.29) is 5.56 Å². The van der Waals surface area contributed by atoms with E-state index >= 15 is 0 Å². The molecule has 2 aromatic carbocycles. The number of nitrogens with one attached hydrogen (secondary N) is 1. The summed E-state index contributed by atoms with van der Waals surface area (Å²) in [6.45, 7) is 3.39. The fraction of sp³-hybridized carbons (Fsp3) is 0.200. The maximum absolute atomic E-state index is 13.6. The molecule has 1 heterocycles. The standard InChI is InChI=1S/C20H18ClFN2O3/c1-11(15-10-13(22)8-9-17(15)26-3)23-20(25)18-12(2)27-24-19(18)14-6-4-5-7-16(14)21/h4-11H,1-3H3,(H,23,25). The lowest BCUT2D eigenvalue weighted by atomic mass is 10.0. The van der Waals surface area contributed by atoms with Crippen LogP contribution in [0.25, 0.3) is 11.3 Å². The fourth-order valence-electron chi connectivity index (χ4n) is 2.87. The van der Waals surface area contributed by atoms with Crippen LogP contribution < -0.4 is 10.1 Å². The molecule has 0 saturated heterocycles. The number of methoxy groups -OCH3 is 1. The van der Waals surface area contributed by atoms with E-state index in [1.54, 1.807) is 38.1 Å². The third kappa shape index (κ3) is 3.80. The third-order valence-corrected chi connectivity index (χ3v) is 4.55. The first-order valence-corrected chi connectivity index (χ1v) is 8.65. The first kappa shape index (κ1) is 18.9. The largest absolute Gasteiger partial charge is 0.496 e. The van der Waals surface area contributed by atoms with Gasteiger partial charge in [0.2, 0.25) is 0 Å². The average molecular weight is 389 g/mol. The van der Waals surface area contributed by atoms with Crippen LogP contribution in [0.5, 0.6) is 5.75 Å². The molecule has 1 amide bonds. The molecule has 0 aliphatic carbocycles. The summed E-state index contributed by atoms with van der Waals surface area (Å²) < 4.78 is 24.1. The molecule has 0 spiro atoms. The van der Waals surface area contributed by atoms with Gasteiger partial charge in [0.25, 0.3) is 5.91 Å². The van der Waals surface area contributed by atoms with Crippen LogP contribution >= 0.6 is 11.6 Å². The smallest absolute Gasteiger partial charge is 0.257 e. The number of hydrogen-bond donors (Lipinski definition) is 1. The third-order valence-electron chi connectivity index (χ3n) is 4.22. The van der Waals surface area contributed by atoms with Crippen molar-refractivity contribution >= 4 is 17.5 Å². The van der Waals surface area contributed by atoms with Gasteiger partial charge in [-0.1, -0.05) is 35.0 Å². The number of aryl methyl sites for hydroxylation is 1. The Balaban J connectivity index is 1.93. The number of benzene rings is 2. The Morgan fingerprint density at radius 3 is 2.74 bits per heavy atom. The quantitative estimate of drug-likeness (QED) is 0.672. The number of rotatable bonds is 5. The van der Waals surface area contributed by atoms with Crippen LogP contribution in [0.1, 0.15) is 34.6 Å². The summed E-state index contributed by atoms with van der Waals surface area (Å²) >= 11 is 6.23. The molecule has 1 aromatic heterocycles. The van der Waals surface area contributed by atoms with E-state index < -0.39 is 17.8 Å². The Morgan fingerprint density at radius 2 is 2.04 bits per heavy atom. The molecule has 1 N–H and O–H groups in total. The van der Waals surface area contributed by atoms with Crippen molar-refractivity contribution in [2.75, 3.05) is 7.11 Å². The highest BCUT2D eigenvalue weighted by atomic mass is 35.5. The van der Waals surface area contributed by atoms with E-state index in [4.69, 9.17) is 20.9 Å². The van der Waals surface area contributed by atoms with E-state index in [2.05, 4.69) is 10.5 Å². The van der Waals surface area contributed by atoms with Crippen molar-refractivity contribution in [3.05, 3.63) is 70.2 Å². The minimum atomic E-state index is -0.503. The SMILES string of the molecule is COc1ccc(F)cc1C(C)NC(=O)c1c(-c2ccccc2Cl)noc1C. The molecule has 140 valence electrons. The van der Waals surface area contributed by atoms with Crippen molar-refractivity contribution in [2.24, 2.45) is 0 Å². The van der Waals surface area contributed by atoms with Crippen molar-refractivity contribution < 1.29 is 18.4 Å². The van der Waals surface area contributed by atoms with Crippen molar-refractivity contribution in [1.29, 1.82) is 0 Å². The molecule has 5 nitrogen and oxygen atoms in total. The lowest BCUT2D eigenvalue weighted by molar-refractivity contribution is 0.0938. The molecule has 3 rings (SSSR count). The Morgan fingerprint density at radius 1 is 1.30 bits per heavy atom. The second-order valence-corrected chi connectivity index (χ2v) is 6.43. The molecule has 0 saturated carbocycles. The van der Waals surface area contributed by atoms with Crippen LogP contribution in [-0.2, 0) is 0 Å². The van der Waals surface area contributed by atoms with Crippen LogP contribution in [0.4, 0.5) is 4.39 Å². The second-order valence-electron chi connectivity index (χ2n) is 6.02. The number of aromatic nitrogens is 1. The van der Waals surface area contributed by atoms with Crippen molar-refractivity contribution in [2.45, 2.75) is 19.9 Å². The highest BCUT2D eigenvalue weighted by molar-refractivity contribution is 6.33. The minimum absolute atomic E-state index is 0.283. The van der Waals surface area contributed by atoms with Crippen molar-refractivity contribution in [1.82, 2.24) is 10.5 Å². The number of ether oxygens (including phenoxy) is 1. The van der Waals surface area contributed by atoms with E-state index in [0.29, 0.717) is 33.4 Å². The Labute approximate surface area is 161 Å². The van der Waals surface area contributed by atoms with Gasteiger partial charge < -0.3 is 14.6 Å². The number of halogens is 2. The molecule has 27 heavy (non-hydrogen) atoms. The first-order valence-electron chi connectivity index (χ1n) is 8.27. The molecule has 0 aliphatic heterocycles. The summed E-state index contributed by atoms with van der Waals surface area (Å²) in [4.78, 5) is 12.9. The van der Waals surface area contributed by atoms with E-state index in [1.807, 2.05) is 0 Å². The van der Waals surface area contributed by atoms with Gasteiger partial charge in [-0.3, -0.25) is 4.79 Å². The van der Waals surface area contributed by atoms with Crippen LogP contribution in [0.15, 0.2) is 47.0 Å². The predicted octanol–water partition coefficient (Wildman–Crippen LogP) is 4.94. The monoisotopic (exact) mass is 388 g/mol. The Bertz CT molecular complexity index is 987. The number of carbonyl (C=O) groups excluding carboxylic acids is 1. The summed E-state index contributed by atoms with van der Waals surface area (Å²) in [5, 5.41) is 7.29. The predicted molar refractivity (Wildman–Crippen MR) is 101 cm³/mol. The van der Waals surface area contributed by atoms with E-state index in [1.165, 1.54) is 25.3 Å². The zero-order chi connectivity index (χ0) is 19.6. The molecular weight excluding hydrogens is 371 g/mol. The van der Waals surface area contributed by atoms with Gasteiger partial charge in [-0.05, 0) is 38.1 Å². The number of hydrogen-bond acceptors (Lipinski definition) is 4. The Hall–Kier alpha value is -2.86. The summed E-state index contributed by atoms with van der Waals surface area (Å²) in [5.74, 6) is 0.0330. The average Bonchev–Trinajstić information content (AvgIpc) is 3.03. The highest BCUT2D eigenvalue weighted by Gasteiger charge is 2.25. The van der Waals surface area contributed by atoms with Crippen molar-refractivity contribution in [3.63, 3.8) is 0 Å². The summed E-state index contributed by atoms with van der Waals surface area (Å²) in [6, 6.07) is 10.7. The van der Waals surface area contributed by atoms with Crippen LogP contribution in [-0.4, -0.2) is 18.2 Å². The molecule has 0 radical (unpaired) electrons. The topological polar surface area (TPSA) is 64.4 Å². The summed E-state index contributed by atoms with van der Waals surface area (Å²) in [7, 11) is 1.49. The molecule has 1 unspecified atom stereocenters. The van der Waals surface area contributed by atoms with Gasteiger partial charge in [-0.15, -0.1) is 0 Å². The summed E-state index contributed by atoms with van der Waals surface area (Å²) in [6.07, 6.45) is 0. The maximum Gasteiger partial charge on any atom is 0.257 e. The lowest BCUT2D eigenvalue weighted by Gasteiger charge is -2.17. The van der Waals surface area contributed by atoms with Gasteiger partial charge in [-0.25, -0.2) is 4.39 Å². The van der Waals surface area contributed by atoms with Gasteiger partial charge in [0, 0.05) is 11.1 Å². The summed E-state index contributed by atoms with van der Waals surface area (Å²) in [5.41, 5.74) is 1.76. The van der Waals surface area contributed by atoms with Crippen LogP contribution in [0.2, 0.25) is 5.02 Å². The van der Waals surface area contributed by atoms with Gasteiger partial charge in [0.05, 0.1) is 18.2 Å². The van der Waals surface area contributed by atoms with Gasteiger partial charge in [0.1, 0.15) is 28.6 Å². The molecule has 1 atom stereocenters. The van der Waals surface area contributed by atoms with Gasteiger partial charge >= 0.3 is 0 Å². The minimum Gasteiger partial charge on any atom is -0.496 e. The van der Waals surface area contributed by atoms with Gasteiger partial charge in [0.15, 0.2) is 0 Å². The molecular formula is C20H18ClFN2O3. The maximum atomic E-state index is 13.6. The number of amides is 1. The van der Waals surface area contributed by atoms with Crippen LogP contribution in [0, 0.1) is 12.7 Å². The molecule has 0 fully saturated rings. The number of carbonyl (C=O) groups is 1. The zero-order valence-electron chi connectivity index (χ0n) is 15.0. The molecule has 0 aliphatic rings. The van der Waals surface area contributed by atoms with Crippen molar-refractivity contribution in [3.8, 4) is 17.0 Å². The normalized spacial score (nSPS) is 11.9. The zero-order valence-corrected chi connectivity index (χ0v) is 15.8. The van der Waals surface area contributed by atoms with E-state index in [0.717, 1.165) is 0 Å². The number of nitrogens with zero attached hydrogens (tertiary/aromatic N) is 1. The molecule has 7 heteroatoms. The first-order chi connectivity index (χ1) is 12.9. The molecule has 3 aromatic rings. The Kier molecular flexibility index (Phi) is 5.46. The van der Waals surface area contributed by atoms with Crippen LogP contribution in [0.3, 0.4) is 0 Å². The van der Waals surface area contributed by atoms with E-state index in [9.17, 15) is 9.18 Å². The lowest BCUT2D eigenvalue weighted by Crippen LogP contribution is -2.27.